The van der Waals surface area contributed by atoms with Crippen molar-refractivity contribution in [1.82, 2.24) is 0 Å². The van der Waals surface area contributed by atoms with E-state index in [4.69, 9.17) is 4.74 Å². The van der Waals surface area contributed by atoms with E-state index in [1.54, 1.807) is 26.0 Å². The molecule has 0 fully saturated rings. The van der Waals surface area contributed by atoms with Crippen LogP contribution in [-0.2, 0) is 14.3 Å². The van der Waals surface area contributed by atoms with Gasteiger partial charge in [-0.1, -0.05) is 29.8 Å². The van der Waals surface area contributed by atoms with E-state index in [-0.39, 0.29) is 24.4 Å². The zero-order valence-corrected chi connectivity index (χ0v) is 11.3. The van der Waals surface area contributed by atoms with Crippen LogP contribution in [0.1, 0.15) is 13.8 Å². The number of esters is 1. The molecule has 0 aliphatic rings. The highest BCUT2D eigenvalue weighted by molar-refractivity contribution is 9.10. The zero-order valence-electron chi connectivity index (χ0n) is 9.70. The highest BCUT2D eigenvalue weighted by atomic mass is 79.9. The predicted molar refractivity (Wildman–Crippen MR) is 68.6 cm³/mol. The first-order valence-corrected chi connectivity index (χ1v) is 6.00. The minimum absolute atomic E-state index is 0.226. The maximum Gasteiger partial charge on any atom is 0.308 e. The highest BCUT2D eigenvalue weighted by Gasteiger charge is 2.10. The standard InChI is InChI=1S/C12H14BrNO3/c1-8(2)12(16)17-7-11(15)14-10-5-3-9(13)4-6-10/h3-6,8H,7H2,1-2H3,(H,14,15). The van der Waals surface area contributed by atoms with Gasteiger partial charge in [0.1, 0.15) is 0 Å². The maximum absolute atomic E-state index is 11.4. The SMILES string of the molecule is CC(C)C(=O)OCC(=O)Nc1ccc(Br)cc1. The van der Waals surface area contributed by atoms with Crippen molar-refractivity contribution in [1.29, 1.82) is 0 Å². The molecule has 0 spiro atoms. The van der Waals surface area contributed by atoms with Crippen LogP contribution in [0.5, 0.6) is 0 Å². The number of nitrogens with one attached hydrogen (secondary N) is 1. The number of rotatable bonds is 4. The van der Waals surface area contributed by atoms with Gasteiger partial charge in [-0.3, -0.25) is 9.59 Å². The lowest BCUT2D eigenvalue weighted by atomic mass is 10.2. The van der Waals surface area contributed by atoms with E-state index >= 15 is 0 Å². The first kappa shape index (κ1) is 13.7. The van der Waals surface area contributed by atoms with Crippen LogP contribution in [0.2, 0.25) is 0 Å². The van der Waals surface area contributed by atoms with Crippen LogP contribution in [0.4, 0.5) is 5.69 Å². The summed E-state index contributed by atoms with van der Waals surface area (Å²) in [6, 6.07) is 7.14. The van der Waals surface area contributed by atoms with Gasteiger partial charge >= 0.3 is 5.97 Å². The molecular weight excluding hydrogens is 286 g/mol. The van der Waals surface area contributed by atoms with Gasteiger partial charge in [0, 0.05) is 10.2 Å². The number of benzene rings is 1. The van der Waals surface area contributed by atoms with E-state index in [9.17, 15) is 9.59 Å². The molecule has 1 aromatic carbocycles. The third-order valence-electron chi connectivity index (χ3n) is 1.94. The summed E-state index contributed by atoms with van der Waals surface area (Å²) in [6.45, 7) is 3.18. The largest absolute Gasteiger partial charge is 0.455 e. The summed E-state index contributed by atoms with van der Waals surface area (Å²) in [7, 11) is 0. The molecule has 0 aromatic heterocycles. The van der Waals surface area contributed by atoms with Crippen molar-refractivity contribution in [3.63, 3.8) is 0 Å². The van der Waals surface area contributed by atoms with Crippen molar-refractivity contribution in [2.45, 2.75) is 13.8 Å². The van der Waals surface area contributed by atoms with Gasteiger partial charge in [-0.2, -0.15) is 0 Å². The van der Waals surface area contributed by atoms with Gasteiger partial charge in [-0.05, 0) is 24.3 Å². The molecular formula is C12H14BrNO3. The lowest BCUT2D eigenvalue weighted by molar-refractivity contribution is -0.150. The fourth-order valence-electron chi connectivity index (χ4n) is 1.03. The molecule has 17 heavy (non-hydrogen) atoms. The lowest BCUT2D eigenvalue weighted by Gasteiger charge is -2.08. The number of carbonyl (C=O) groups excluding carboxylic acids is 2. The molecule has 1 aromatic rings. The fraction of sp³-hybridized carbons (Fsp3) is 0.333. The van der Waals surface area contributed by atoms with Crippen LogP contribution >= 0.6 is 15.9 Å². The molecule has 0 aliphatic heterocycles. The molecule has 0 saturated heterocycles. The monoisotopic (exact) mass is 299 g/mol. The van der Waals surface area contributed by atoms with Crippen LogP contribution in [0.3, 0.4) is 0 Å². The molecule has 1 rings (SSSR count). The van der Waals surface area contributed by atoms with Crippen molar-refractivity contribution in [3.8, 4) is 0 Å². The van der Waals surface area contributed by atoms with Crippen molar-refractivity contribution >= 4 is 33.5 Å². The average molecular weight is 300 g/mol. The van der Waals surface area contributed by atoms with Crippen LogP contribution in [0.25, 0.3) is 0 Å². The van der Waals surface area contributed by atoms with E-state index in [1.807, 2.05) is 12.1 Å². The minimum Gasteiger partial charge on any atom is -0.455 e. The number of anilines is 1. The molecule has 0 saturated carbocycles. The van der Waals surface area contributed by atoms with Crippen molar-refractivity contribution in [3.05, 3.63) is 28.7 Å². The van der Waals surface area contributed by atoms with E-state index in [1.165, 1.54) is 0 Å². The van der Waals surface area contributed by atoms with Crippen LogP contribution in [-0.4, -0.2) is 18.5 Å². The Bertz CT molecular complexity index is 401. The maximum atomic E-state index is 11.4. The molecule has 0 radical (unpaired) electrons. The summed E-state index contributed by atoms with van der Waals surface area (Å²) in [5, 5.41) is 2.63. The Kier molecular flexibility index (Phi) is 5.15. The molecule has 1 amide bonds. The minimum atomic E-state index is -0.379. The first-order chi connectivity index (χ1) is 7.99. The average Bonchev–Trinajstić information content (AvgIpc) is 2.29. The zero-order chi connectivity index (χ0) is 12.8. The van der Waals surface area contributed by atoms with Gasteiger partial charge in [0.15, 0.2) is 6.61 Å². The van der Waals surface area contributed by atoms with Crippen LogP contribution in [0.15, 0.2) is 28.7 Å². The van der Waals surface area contributed by atoms with Gasteiger partial charge < -0.3 is 10.1 Å². The molecule has 0 heterocycles. The van der Waals surface area contributed by atoms with Crippen molar-refractivity contribution < 1.29 is 14.3 Å². The second kappa shape index (κ2) is 6.39. The summed E-state index contributed by atoms with van der Waals surface area (Å²) in [6.07, 6.45) is 0. The smallest absolute Gasteiger partial charge is 0.308 e. The quantitative estimate of drug-likeness (QED) is 0.870. The molecule has 0 aliphatic carbocycles. The Morgan fingerprint density at radius 2 is 1.88 bits per heavy atom. The third-order valence-corrected chi connectivity index (χ3v) is 2.47. The normalized spacial score (nSPS) is 10.1. The Morgan fingerprint density at radius 1 is 1.29 bits per heavy atom. The predicted octanol–water partition coefficient (Wildman–Crippen LogP) is 2.59. The summed E-state index contributed by atoms with van der Waals surface area (Å²) in [5.41, 5.74) is 0.666. The fourth-order valence-corrected chi connectivity index (χ4v) is 1.30. The van der Waals surface area contributed by atoms with E-state index in [0.29, 0.717) is 5.69 Å². The van der Waals surface area contributed by atoms with Crippen LogP contribution < -0.4 is 5.32 Å². The number of hydrogen-bond acceptors (Lipinski definition) is 3. The van der Waals surface area contributed by atoms with E-state index in [0.717, 1.165) is 4.47 Å². The third kappa shape index (κ3) is 4.99. The van der Waals surface area contributed by atoms with Crippen molar-refractivity contribution in [2.24, 2.45) is 5.92 Å². The summed E-state index contributed by atoms with van der Waals surface area (Å²) in [5.74, 6) is -0.951. The van der Waals surface area contributed by atoms with Gasteiger partial charge in [0.2, 0.25) is 0 Å². The van der Waals surface area contributed by atoms with Gasteiger partial charge in [-0.15, -0.1) is 0 Å². The molecule has 1 N–H and O–H groups in total. The molecule has 4 nitrogen and oxygen atoms in total. The second-order valence-corrected chi connectivity index (χ2v) is 4.73. The highest BCUT2D eigenvalue weighted by Crippen LogP contribution is 2.13. The summed E-state index contributed by atoms with van der Waals surface area (Å²) >= 11 is 3.30. The summed E-state index contributed by atoms with van der Waals surface area (Å²) < 4.78 is 5.73. The number of hydrogen-bond donors (Lipinski definition) is 1. The lowest BCUT2D eigenvalue weighted by Crippen LogP contribution is -2.22. The molecule has 5 heteroatoms. The molecule has 0 unspecified atom stereocenters. The van der Waals surface area contributed by atoms with Gasteiger partial charge in [-0.25, -0.2) is 0 Å². The van der Waals surface area contributed by atoms with Crippen LogP contribution in [0, 0.1) is 5.92 Å². The number of ether oxygens (including phenoxy) is 1. The Morgan fingerprint density at radius 3 is 2.41 bits per heavy atom. The van der Waals surface area contributed by atoms with Gasteiger partial charge in [0.05, 0.1) is 5.92 Å². The summed E-state index contributed by atoms with van der Waals surface area (Å²) in [4.78, 5) is 22.6. The van der Waals surface area contributed by atoms with E-state index in [2.05, 4.69) is 21.2 Å². The number of amides is 1. The van der Waals surface area contributed by atoms with Gasteiger partial charge in [0.25, 0.3) is 5.91 Å². The second-order valence-electron chi connectivity index (χ2n) is 3.82. The molecule has 0 atom stereocenters. The first-order valence-electron chi connectivity index (χ1n) is 5.21. The Balaban J connectivity index is 2.40. The van der Waals surface area contributed by atoms with Crippen molar-refractivity contribution in [2.75, 3.05) is 11.9 Å². The number of carbonyl (C=O) groups is 2. The van der Waals surface area contributed by atoms with E-state index < -0.39 is 0 Å². The number of halogens is 1. The Hall–Kier alpha value is -1.36. The molecule has 92 valence electrons. The topological polar surface area (TPSA) is 55.4 Å². The molecule has 0 bridgehead atoms. The Labute approximate surface area is 108 Å².